The quantitative estimate of drug-likeness (QED) is 0.0228. The van der Waals surface area contributed by atoms with Crippen molar-refractivity contribution in [2.24, 2.45) is 0 Å². The van der Waals surface area contributed by atoms with Crippen LogP contribution in [-0.4, -0.2) is 126 Å². The monoisotopic (exact) mass is 1470 g/mol. The van der Waals surface area contributed by atoms with Crippen molar-refractivity contribution in [1.82, 2.24) is 19.6 Å². The molecule has 109 heavy (non-hydrogen) atoms. The van der Waals surface area contributed by atoms with Crippen LogP contribution in [0.3, 0.4) is 0 Å². The van der Waals surface area contributed by atoms with Crippen molar-refractivity contribution < 1.29 is 81.2 Å². The number of ether oxygens (including phenoxy) is 8. The van der Waals surface area contributed by atoms with Gasteiger partial charge in [0.05, 0.1) is 172 Å². The number of hydrogen-bond donors (Lipinski definition) is 1. The maximum absolute atomic E-state index is 13.0. The first-order chi connectivity index (χ1) is 52.7. The maximum Gasteiger partial charge on any atom is 0.282 e. The van der Waals surface area contributed by atoms with Gasteiger partial charge in [0, 0.05) is 11.8 Å². The second-order valence-corrected chi connectivity index (χ2v) is 23.9. The van der Waals surface area contributed by atoms with Crippen LogP contribution >= 0.6 is 0 Å². The van der Waals surface area contributed by atoms with Gasteiger partial charge in [-0.3, -0.25) is 68.1 Å². The lowest BCUT2D eigenvalue weighted by Crippen LogP contribution is -2.34. The minimum atomic E-state index is -0.933. The molecule has 4 aliphatic heterocycles. The summed E-state index contributed by atoms with van der Waals surface area (Å²) in [6.45, 7) is 11.4. The van der Waals surface area contributed by atoms with E-state index in [1.165, 1.54) is 44.4 Å². The highest BCUT2D eigenvalue weighted by molar-refractivity contribution is 6.25. The summed E-state index contributed by atoms with van der Waals surface area (Å²) in [6.07, 6.45) is -0.255. The standard InChI is InChI=1S/C21H20N2O4.C20H17N3O6.C20H19N3O4.C20H18N2O4/c1-3-26-18-10-9-14(13-19(18)27-4-2)17(11-12-22)23-20(24)15-7-5-6-8-16(15)21(23)25;1-3-29-17-11-12(7-8-16(17)28-2)14(9-10-21)22-19(24)13-5-4-6-15(23(26)27)18(13)20(22)25;1-3-27-17-11-12(7-8-16(17)26-2)15(9-10-21)23-19(24)13-5-4-6-14(22)18(13)20(23)25;1-3-26-18-12-13(8-9-17(18)25-2)16(10-11-21)22-19(23)14-6-4-5-7-15(14)20(22)24/h5-10,13,17H,3-4,11H2,1-2H3;4-8,11,14H,3,9H2,1-2H3;4-8,11,15H,3,9,22H2,1-2H3;4-9,12,16H,3,10H2,1-2H3. The Balaban J connectivity index is 0.000000168. The fourth-order valence-corrected chi connectivity index (χ4v) is 12.9. The Morgan fingerprint density at radius 3 is 0.899 bits per heavy atom. The summed E-state index contributed by atoms with van der Waals surface area (Å²) in [5.74, 6) is 0.0530. The molecule has 0 saturated carbocycles. The zero-order chi connectivity index (χ0) is 78.8. The smallest absolute Gasteiger partial charge is 0.282 e. The van der Waals surface area contributed by atoms with Crippen LogP contribution in [0.1, 0.15) is 190 Å². The van der Waals surface area contributed by atoms with Crippen LogP contribution in [0.4, 0.5) is 11.4 Å². The van der Waals surface area contributed by atoms with Crippen molar-refractivity contribution in [2.45, 2.75) is 84.5 Å². The second-order valence-electron chi connectivity index (χ2n) is 23.9. The number of imide groups is 4. The lowest BCUT2D eigenvalue weighted by Gasteiger charge is -2.25. The van der Waals surface area contributed by atoms with Crippen molar-refractivity contribution in [3.05, 3.63) is 235 Å². The molecule has 0 aliphatic carbocycles. The van der Waals surface area contributed by atoms with Gasteiger partial charge in [-0.05, 0) is 148 Å². The molecule has 28 nitrogen and oxygen atoms in total. The van der Waals surface area contributed by atoms with Gasteiger partial charge in [0.25, 0.3) is 52.9 Å². The van der Waals surface area contributed by atoms with E-state index in [0.29, 0.717) is 124 Å². The normalized spacial score (nSPS) is 13.8. The van der Waals surface area contributed by atoms with Gasteiger partial charge in [0.2, 0.25) is 0 Å². The SMILES string of the molecule is CCOc1cc(C(CC#N)N2C(=O)c3cccc(N)c3C2=O)ccc1OC.CCOc1cc(C(CC#N)N2C(=O)c3cccc([N+](=O)[O-])c3C2=O)ccc1OC.CCOc1cc(C(CC#N)N2C(=O)c3ccccc3C2=O)ccc1OC.CCOc1ccc(C(CC#N)N2C(=O)c3ccccc3C2=O)cc1OCC. The molecule has 4 heterocycles. The molecule has 2 N–H and O–H groups in total. The fraction of sp³-hybridized carbons (Fsp3) is 0.259. The van der Waals surface area contributed by atoms with E-state index in [1.807, 2.05) is 33.8 Å². The lowest BCUT2D eigenvalue weighted by molar-refractivity contribution is -0.385. The summed E-state index contributed by atoms with van der Waals surface area (Å²) in [5.41, 5.74) is 9.65. The van der Waals surface area contributed by atoms with E-state index in [4.69, 9.17) is 43.6 Å². The predicted molar refractivity (Wildman–Crippen MR) is 392 cm³/mol. The number of amides is 8. The number of rotatable bonds is 26. The summed E-state index contributed by atoms with van der Waals surface area (Å²) < 4.78 is 43.7. The molecular weight excluding hydrogens is 1400 g/mol. The van der Waals surface area contributed by atoms with Gasteiger partial charge in [0.1, 0.15) is 5.56 Å². The molecule has 4 aliphatic rings. The van der Waals surface area contributed by atoms with Crippen molar-refractivity contribution >= 4 is 58.6 Å². The predicted octanol–water partition coefficient (Wildman–Crippen LogP) is 13.3. The molecule has 0 spiro atoms. The van der Waals surface area contributed by atoms with Crippen LogP contribution in [0.2, 0.25) is 0 Å². The molecule has 28 heteroatoms. The van der Waals surface area contributed by atoms with Crippen molar-refractivity contribution in [3.63, 3.8) is 0 Å². The van der Waals surface area contributed by atoms with Crippen LogP contribution in [0.25, 0.3) is 0 Å². The number of fused-ring (bicyclic) bond motifs is 4. The number of nitro groups is 1. The number of nitrogens with two attached hydrogens (primary N) is 1. The third kappa shape index (κ3) is 16.2. The number of nitriles is 4. The van der Waals surface area contributed by atoms with E-state index < -0.39 is 58.4 Å². The van der Waals surface area contributed by atoms with Gasteiger partial charge in [-0.1, -0.05) is 60.7 Å². The number of carbonyl (C=O) groups excluding carboxylic acids is 8. The first-order valence-electron chi connectivity index (χ1n) is 34.4. The van der Waals surface area contributed by atoms with Gasteiger partial charge in [-0.25, -0.2) is 0 Å². The molecule has 12 rings (SSSR count). The minimum Gasteiger partial charge on any atom is -0.493 e. The summed E-state index contributed by atoms with van der Waals surface area (Å²) >= 11 is 0. The second kappa shape index (κ2) is 36.1. The van der Waals surface area contributed by atoms with E-state index >= 15 is 0 Å². The first kappa shape index (κ1) is 79.0. The number of anilines is 1. The third-order valence-corrected chi connectivity index (χ3v) is 17.7. The molecular formula is C81H74N10O18. The van der Waals surface area contributed by atoms with Gasteiger partial charge in [-0.2, -0.15) is 21.0 Å². The molecule has 0 bridgehead atoms. The number of nitrogens with zero attached hydrogens (tertiary/aromatic N) is 9. The molecule has 4 atom stereocenters. The van der Waals surface area contributed by atoms with E-state index in [1.54, 1.807) is 146 Å². The molecule has 8 aromatic rings. The van der Waals surface area contributed by atoms with Gasteiger partial charge in [-0.15, -0.1) is 0 Å². The molecule has 0 radical (unpaired) electrons. The first-order valence-corrected chi connectivity index (χ1v) is 34.4. The number of carbonyl (C=O) groups is 8. The van der Waals surface area contributed by atoms with E-state index in [9.17, 15) is 69.5 Å². The highest BCUT2D eigenvalue weighted by Gasteiger charge is 2.47. The number of nitrogen functional groups attached to an aromatic ring is 1. The Hall–Kier alpha value is -14.1. The van der Waals surface area contributed by atoms with Crippen LogP contribution in [0.15, 0.2) is 158 Å². The van der Waals surface area contributed by atoms with Crippen molar-refractivity contribution in [1.29, 1.82) is 21.0 Å². The van der Waals surface area contributed by atoms with E-state index in [0.717, 1.165) is 14.7 Å². The molecule has 0 fully saturated rings. The maximum atomic E-state index is 13.0. The molecule has 4 unspecified atom stereocenters. The van der Waals surface area contributed by atoms with E-state index in [2.05, 4.69) is 18.2 Å². The lowest BCUT2D eigenvalue weighted by atomic mass is 10.0. The fourth-order valence-electron chi connectivity index (χ4n) is 12.9. The molecule has 0 aromatic heterocycles. The highest BCUT2D eigenvalue weighted by Crippen LogP contribution is 2.44. The molecule has 8 amide bonds. The highest BCUT2D eigenvalue weighted by atomic mass is 16.6. The van der Waals surface area contributed by atoms with Crippen LogP contribution in [-0.2, 0) is 0 Å². The Labute approximate surface area is 627 Å². The molecule has 556 valence electrons. The van der Waals surface area contributed by atoms with Gasteiger partial charge in [0.15, 0.2) is 46.0 Å². The Kier molecular flexibility index (Phi) is 26.1. The largest absolute Gasteiger partial charge is 0.493 e. The number of nitro benzene ring substituents is 1. The summed E-state index contributed by atoms with van der Waals surface area (Å²) in [4.78, 5) is 118. The van der Waals surface area contributed by atoms with Crippen molar-refractivity contribution in [3.8, 4) is 70.3 Å². The Morgan fingerprint density at radius 1 is 0.349 bits per heavy atom. The topological polar surface area (TPSA) is 388 Å². The average molecular weight is 1480 g/mol. The number of benzene rings is 8. The molecule has 8 aromatic carbocycles. The summed E-state index contributed by atoms with van der Waals surface area (Å²) in [6, 6.07) is 47.5. The van der Waals surface area contributed by atoms with Crippen LogP contribution in [0, 0.1) is 55.4 Å². The zero-order valence-corrected chi connectivity index (χ0v) is 60.6. The van der Waals surface area contributed by atoms with Gasteiger partial charge < -0.3 is 43.6 Å². The van der Waals surface area contributed by atoms with Gasteiger partial charge >= 0.3 is 0 Å². The Bertz CT molecular complexity index is 4980. The average Bonchev–Trinajstić information content (AvgIpc) is 1.62. The summed E-state index contributed by atoms with van der Waals surface area (Å²) in [7, 11) is 4.54. The van der Waals surface area contributed by atoms with Crippen molar-refractivity contribution in [2.75, 3.05) is 60.1 Å². The zero-order valence-electron chi connectivity index (χ0n) is 60.6. The van der Waals surface area contributed by atoms with E-state index in [-0.39, 0.29) is 77.3 Å². The Morgan fingerprint density at radius 2 is 0.606 bits per heavy atom. The third-order valence-electron chi connectivity index (χ3n) is 17.7. The number of methoxy groups -OCH3 is 3. The molecule has 0 saturated heterocycles. The minimum absolute atomic E-state index is 0.00891. The summed E-state index contributed by atoms with van der Waals surface area (Å²) in [5, 5.41) is 48.5. The van der Waals surface area contributed by atoms with Crippen LogP contribution in [0.5, 0.6) is 46.0 Å². The number of hydrogen-bond acceptors (Lipinski definition) is 23. The van der Waals surface area contributed by atoms with Crippen LogP contribution < -0.4 is 43.6 Å².